The van der Waals surface area contributed by atoms with Crippen LogP contribution in [0.1, 0.15) is 147 Å². The zero-order valence-corrected chi connectivity index (χ0v) is 71.3. The van der Waals surface area contributed by atoms with Crippen LogP contribution in [0.3, 0.4) is 0 Å². The minimum absolute atomic E-state index is 0.00328. The number of aryl methyl sites for hydroxylation is 4. The smallest absolute Gasteiger partial charge is 0.258 e. The molecular weight excluding hydrogens is 1690 g/mol. The van der Waals surface area contributed by atoms with E-state index >= 15 is 0 Å². The quantitative estimate of drug-likeness (QED) is 0.0250. The van der Waals surface area contributed by atoms with Gasteiger partial charge >= 0.3 is 0 Å². The van der Waals surface area contributed by atoms with Crippen molar-refractivity contribution in [3.05, 3.63) is 215 Å². The Morgan fingerprint density at radius 3 is 1.57 bits per heavy atom. The molecule has 0 radical (unpaired) electrons. The van der Waals surface area contributed by atoms with Crippen LogP contribution in [-0.4, -0.2) is 127 Å². The molecule has 0 spiro atoms. The van der Waals surface area contributed by atoms with E-state index in [9.17, 15) is 37.1 Å². The highest BCUT2D eigenvalue weighted by Crippen LogP contribution is 2.72. The fraction of sp³-hybridized carbons (Fsp3) is 0.391. The van der Waals surface area contributed by atoms with E-state index in [1.807, 2.05) is 85.6 Å². The number of hydrogen-bond acceptors (Lipinski definition) is 20. The molecular formula is C87H83Cl6F3N14O9S. The Hall–Kier alpha value is -9.74. The summed E-state index contributed by atoms with van der Waals surface area (Å²) in [4.78, 5) is 92.9. The van der Waals surface area contributed by atoms with Crippen LogP contribution in [0, 0.1) is 54.1 Å². The highest BCUT2D eigenvalue weighted by molar-refractivity contribution is 7.13. The number of nitrogens with zero attached hydrogens (tertiary/aromatic N) is 10. The maximum absolute atomic E-state index is 13.5. The van der Waals surface area contributed by atoms with E-state index in [0.717, 1.165) is 151 Å². The molecule has 624 valence electrons. The Morgan fingerprint density at radius 1 is 0.542 bits per heavy atom. The third-order valence-electron chi connectivity index (χ3n) is 24.1. The molecule has 8 bridgehead atoms. The number of nitrogens with one attached hydrogen (secondary N) is 4. The Bertz CT molecular complexity index is 5800. The fourth-order valence-corrected chi connectivity index (χ4v) is 21.1. The molecule has 4 N–H and O–H groups in total. The van der Waals surface area contributed by atoms with Gasteiger partial charge in [0.1, 0.15) is 88.0 Å². The van der Waals surface area contributed by atoms with E-state index in [1.54, 1.807) is 49.1 Å². The van der Waals surface area contributed by atoms with E-state index in [2.05, 4.69) is 61.3 Å². The first-order valence-electron chi connectivity index (χ1n) is 39.2. The zero-order chi connectivity index (χ0) is 84.5. The number of fused-ring (bicyclic) bond motifs is 2. The monoisotopic (exact) mass is 1770 g/mol. The number of thiazole rings is 1. The molecule has 12 aliphatic carbocycles. The van der Waals surface area contributed by atoms with E-state index in [1.165, 1.54) is 43.5 Å². The average molecular weight is 1770 g/mol. The third kappa shape index (κ3) is 18.0. The van der Waals surface area contributed by atoms with Crippen LogP contribution < -0.4 is 40.2 Å². The van der Waals surface area contributed by atoms with E-state index in [-0.39, 0.29) is 121 Å². The third-order valence-corrected chi connectivity index (χ3v) is 27.2. The molecule has 23 rings (SSSR count). The zero-order valence-electron chi connectivity index (χ0n) is 66.0. The Kier molecular flexibility index (Phi) is 23.0. The van der Waals surface area contributed by atoms with Gasteiger partial charge in [-0.1, -0.05) is 69.6 Å². The lowest BCUT2D eigenvalue weighted by Gasteiger charge is -2.71. The number of benzene rings is 5. The summed E-state index contributed by atoms with van der Waals surface area (Å²) in [6.07, 6.45) is 20.3. The number of aromatic nitrogens is 10. The Morgan fingerprint density at radius 2 is 1.04 bits per heavy atom. The van der Waals surface area contributed by atoms with Crippen LogP contribution >= 0.6 is 80.9 Å². The minimum Gasteiger partial charge on any atom is -0.486 e. The molecule has 1 unspecified atom stereocenters. The molecule has 33 heteroatoms. The molecule has 11 aromatic rings. The first-order chi connectivity index (χ1) is 57.2. The van der Waals surface area contributed by atoms with Gasteiger partial charge in [-0.15, -0.1) is 11.3 Å². The molecule has 2 amide bonds. The van der Waals surface area contributed by atoms with Crippen molar-refractivity contribution >= 4 is 139 Å². The van der Waals surface area contributed by atoms with Crippen LogP contribution in [0.4, 0.5) is 24.9 Å². The molecule has 12 fully saturated rings. The predicted molar refractivity (Wildman–Crippen MR) is 452 cm³/mol. The molecule has 1 atom stereocenters. The standard InChI is InChI=1S/C25H23Cl2N3O2.C21H20Cl2N4O2.C21H21ClFN5O2.C20H19ClF2N2O3S/c1-16-10-20(6-7-21(16)27)32-12-19(31)11-24-13-25(14-24,15-24)30-22-8-9-28-23(29-22)17-2-4-18(26)5-3-17;1-13-6-15(2-3-16(13)22)29-9-14(28)8-20-10-21(11-20,12-20)26-19-25-17(23)7-18-24-4-5-27(18)19;1-12-18-19(28(2)27-12)16(24-11-25-18)6-20-8-21(9-20,10-20)26-17(29)7-30-13-3-4-14(22)15(23)5-13;1-11(22)16-6-24-18(29-16)15(26)5-19-8-20(9-19,10-19)25-17(27)7-28-12-2-3-13(21)14(23)4-12/h2-10H,11-15H2,1H3,(H,28,29,30);2-7H,8-12H2,1H3,(H,25,26);3-5,11H,6-10H2,1-2H3,(H,26,29);2-4,6,11H,5,7-10H2,1H3,(H,25,27). The lowest BCUT2D eigenvalue weighted by Crippen LogP contribution is -2.75. The largest absolute Gasteiger partial charge is 0.486 e. The van der Waals surface area contributed by atoms with Crippen LogP contribution in [0.15, 0.2) is 140 Å². The second kappa shape index (κ2) is 32.9. The summed E-state index contributed by atoms with van der Waals surface area (Å²) >= 11 is 36.5. The number of hydrogen-bond donors (Lipinski definition) is 4. The number of anilines is 2. The van der Waals surface area contributed by atoms with Gasteiger partial charge in [0.2, 0.25) is 5.95 Å². The van der Waals surface area contributed by atoms with E-state index < -0.39 is 17.8 Å². The van der Waals surface area contributed by atoms with Gasteiger partial charge in [0.25, 0.3) is 11.8 Å². The first-order valence-corrected chi connectivity index (χ1v) is 42.3. The van der Waals surface area contributed by atoms with Crippen molar-refractivity contribution in [1.29, 1.82) is 0 Å². The normalized spacial score (nSPS) is 24.4. The van der Waals surface area contributed by atoms with Gasteiger partial charge < -0.3 is 40.2 Å². The number of amides is 2. The first kappa shape index (κ1) is 83.9. The molecule has 6 heterocycles. The topological polar surface area (TPSA) is 283 Å². The summed E-state index contributed by atoms with van der Waals surface area (Å²) in [6, 6.07) is 30.1. The number of Topliss-reactive ketones (excluding diaryl/α,β-unsaturated/α-hetero) is 3. The molecule has 6 aromatic heterocycles. The number of alkyl halides is 1. The van der Waals surface area contributed by atoms with Crippen LogP contribution in [0.5, 0.6) is 23.0 Å². The van der Waals surface area contributed by atoms with Crippen molar-refractivity contribution < 1.29 is 56.1 Å². The number of halogens is 9. The lowest BCUT2D eigenvalue weighted by molar-refractivity contribution is -0.166. The molecule has 12 aliphatic rings. The van der Waals surface area contributed by atoms with Crippen molar-refractivity contribution in [3.63, 3.8) is 0 Å². The summed E-state index contributed by atoms with van der Waals surface area (Å²) in [7, 11) is 1.92. The maximum atomic E-state index is 13.5. The predicted octanol–water partition coefficient (Wildman–Crippen LogP) is 18.6. The summed E-state index contributed by atoms with van der Waals surface area (Å²) in [5.41, 5.74) is 7.24. The van der Waals surface area contributed by atoms with Gasteiger partial charge in [-0.3, -0.25) is 33.1 Å². The molecule has 23 nitrogen and oxygen atoms in total. The summed E-state index contributed by atoms with van der Waals surface area (Å²) in [5.74, 6) is 2.55. The lowest BCUT2D eigenvalue weighted by atomic mass is 9.38. The average Bonchev–Trinajstić information content (AvgIpc) is 0.854. The van der Waals surface area contributed by atoms with Gasteiger partial charge in [0, 0.05) is 112 Å². The summed E-state index contributed by atoms with van der Waals surface area (Å²) in [6.45, 7) is 7.01. The maximum Gasteiger partial charge on any atom is 0.258 e. The van der Waals surface area contributed by atoms with Gasteiger partial charge in [-0.05, 0) is 235 Å². The van der Waals surface area contributed by atoms with Crippen molar-refractivity contribution in [2.24, 2.45) is 28.7 Å². The summed E-state index contributed by atoms with van der Waals surface area (Å²) in [5, 5.41) is 20.4. The number of imidazole rings is 1. The molecule has 0 saturated heterocycles. The molecule has 120 heavy (non-hydrogen) atoms. The van der Waals surface area contributed by atoms with E-state index in [4.69, 9.17) is 88.6 Å². The minimum atomic E-state index is -1.13. The molecule has 5 aromatic carbocycles. The molecule has 0 aliphatic heterocycles. The van der Waals surface area contributed by atoms with Crippen molar-refractivity contribution in [2.75, 3.05) is 37.1 Å². The molecule has 12 saturated carbocycles. The number of carbonyl (C=O) groups is 5. The van der Waals surface area contributed by atoms with Crippen LogP contribution in [-0.2, 0) is 32.6 Å². The number of ether oxygens (including phenoxy) is 4. The number of carbonyl (C=O) groups excluding carboxylic acids is 5. The van der Waals surface area contributed by atoms with Crippen LogP contribution in [0.2, 0.25) is 30.3 Å². The summed E-state index contributed by atoms with van der Waals surface area (Å²) < 4.78 is 65.9. The van der Waals surface area contributed by atoms with Crippen molar-refractivity contribution in [1.82, 2.24) is 59.7 Å². The van der Waals surface area contributed by atoms with Crippen LogP contribution in [0.25, 0.3) is 28.1 Å². The van der Waals surface area contributed by atoms with E-state index in [0.29, 0.717) is 72.6 Å². The van der Waals surface area contributed by atoms with Gasteiger partial charge in [0.05, 0.1) is 26.3 Å². The second-order valence-electron chi connectivity index (χ2n) is 34.2. The van der Waals surface area contributed by atoms with Gasteiger partial charge in [0.15, 0.2) is 41.4 Å². The fourth-order valence-electron chi connectivity index (χ4n) is 19.5. The van der Waals surface area contributed by atoms with Crippen molar-refractivity contribution in [3.8, 4) is 34.4 Å². The number of rotatable bonds is 29. The highest BCUT2D eigenvalue weighted by atomic mass is 35.5. The highest BCUT2D eigenvalue weighted by Gasteiger charge is 2.71. The Balaban J connectivity index is 0.000000119. The Labute approximate surface area is 722 Å². The van der Waals surface area contributed by atoms with Gasteiger partial charge in [-0.2, -0.15) is 5.10 Å². The second-order valence-corrected chi connectivity index (χ2v) is 37.7. The number of ketones is 3. The SMILES string of the molecule is CC(F)c1cnc(C(=O)CC23CC(NC(=O)COc4ccc(Cl)c(F)c4)(C2)C3)s1.Cc1cc(OCC(=O)CC23CC(Nc4ccnc(-c5ccc(Cl)cc5)n4)(C2)C3)ccc1Cl.Cc1cc(OCC(=O)CC23CC(Nc4nc(Cl)cc5nccn45)(C2)C3)ccc1Cl.Cc1nn(C)c2c(CC34CC(NC(=O)COc5ccc(Cl)c(F)c5)(C3)C4)ncnc12. The van der Waals surface area contributed by atoms with Gasteiger partial charge in [-0.25, -0.2) is 48.1 Å². The van der Waals surface area contributed by atoms with Crippen molar-refractivity contribution in [2.45, 2.75) is 159 Å².